The molecule has 0 radical (unpaired) electrons. The van der Waals surface area contributed by atoms with Crippen LogP contribution < -0.4 is 0 Å². The number of hydrogen-bond acceptors (Lipinski definition) is 3. The molecule has 0 unspecified atom stereocenters. The molecule has 2 atom stereocenters. The van der Waals surface area contributed by atoms with Crippen molar-refractivity contribution in [1.29, 1.82) is 0 Å². The Morgan fingerprint density at radius 1 is 1.39 bits per heavy atom. The molecule has 1 aromatic carbocycles. The molecule has 23 heavy (non-hydrogen) atoms. The topological polar surface area (TPSA) is 59.5 Å². The van der Waals surface area contributed by atoms with Crippen LogP contribution in [-0.2, 0) is 6.42 Å². The predicted octanol–water partition coefficient (Wildman–Crippen LogP) is 3.12. The largest absolute Gasteiger partial charge is 0.508 e. The molecule has 0 aliphatic carbocycles. The van der Waals surface area contributed by atoms with Gasteiger partial charge in [0.25, 0.3) is 0 Å². The van der Waals surface area contributed by atoms with Crippen LogP contribution in [0.25, 0.3) is 10.9 Å². The highest BCUT2D eigenvalue weighted by atomic mass is 16.3. The molecule has 0 spiro atoms. The van der Waals surface area contributed by atoms with Crippen molar-refractivity contribution < 1.29 is 10.2 Å². The molecule has 0 saturated carbocycles. The first-order valence-corrected chi connectivity index (χ1v) is 8.54. The third kappa shape index (κ3) is 2.37. The minimum atomic E-state index is 0.252. The fourth-order valence-electron chi connectivity index (χ4n) is 4.43. The Bertz CT molecular complexity index is 762. The molecular weight excluding hydrogens is 288 g/mol. The van der Waals surface area contributed by atoms with E-state index in [1.54, 1.807) is 6.07 Å². The van der Waals surface area contributed by atoms with Crippen molar-refractivity contribution in [2.24, 2.45) is 5.92 Å². The van der Waals surface area contributed by atoms with E-state index in [2.05, 4.69) is 22.9 Å². The van der Waals surface area contributed by atoms with E-state index in [1.165, 1.54) is 16.8 Å². The lowest BCUT2D eigenvalue weighted by Gasteiger charge is -2.43. The summed E-state index contributed by atoms with van der Waals surface area (Å²) in [5.41, 5.74) is 5.26. The Labute approximate surface area is 136 Å². The first-order chi connectivity index (χ1) is 11.2. The fourth-order valence-corrected chi connectivity index (χ4v) is 4.43. The quantitative estimate of drug-likeness (QED) is 0.747. The van der Waals surface area contributed by atoms with Crippen LogP contribution in [0.15, 0.2) is 29.8 Å². The smallest absolute Gasteiger partial charge is 0.116 e. The number of aromatic nitrogens is 1. The molecule has 1 saturated heterocycles. The number of aromatic hydroxyl groups is 1. The van der Waals surface area contributed by atoms with E-state index in [-0.39, 0.29) is 6.61 Å². The minimum Gasteiger partial charge on any atom is -0.508 e. The molecule has 4 nitrogen and oxygen atoms in total. The van der Waals surface area contributed by atoms with Crippen LogP contribution in [0.4, 0.5) is 0 Å². The van der Waals surface area contributed by atoms with Crippen molar-refractivity contribution >= 4 is 10.9 Å². The van der Waals surface area contributed by atoms with Crippen molar-refractivity contribution in [1.82, 2.24) is 9.88 Å². The summed E-state index contributed by atoms with van der Waals surface area (Å²) in [6, 6.07) is 5.99. The summed E-state index contributed by atoms with van der Waals surface area (Å²) >= 11 is 0. The van der Waals surface area contributed by atoms with Gasteiger partial charge < -0.3 is 15.2 Å². The standard InChI is InChI=1S/C19H24N2O2/c1-2-12-11-21-7-5-15-16-10-14(23)3-4-17(16)20-19(15)18(21)9-13(12)6-8-22/h2-4,10,13,18,20,22-23H,5-9,11H2,1H3/b12-2+/t13-,18-/m1/s1. The molecule has 0 bridgehead atoms. The highest BCUT2D eigenvalue weighted by Crippen LogP contribution is 2.43. The first kappa shape index (κ1) is 14.8. The van der Waals surface area contributed by atoms with E-state index in [0.717, 1.165) is 43.3 Å². The Morgan fingerprint density at radius 3 is 3.04 bits per heavy atom. The van der Waals surface area contributed by atoms with Gasteiger partial charge in [0.2, 0.25) is 0 Å². The van der Waals surface area contributed by atoms with Gasteiger partial charge in [-0.2, -0.15) is 0 Å². The maximum atomic E-state index is 9.80. The summed E-state index contributed by atoms with van der Waals surface area (Å²) in [6.45, 7) is 4.43. The van der Waals surface area contributed by atoms with Gasteiger partial charge >= 0.3 is 0 Å². The van der Waals surface area contributed by atoms with Crippen molar-refractivity contribution in [3.05, 3.63) is 41.1 Å². The molecule has 0 amide bonds. The van der Waals surface area contributed by atoms with Crippen LogP contribution in [0.5, 0.6) is 5.75 Å². The molecule has 4 heteroatoms. The Morgan fingerprint density at radius 2 is 2.26 bits per heavy atom. The molecule has 1 fully saturated rings. The number of aromatic amines is 1. The van der Waals surface area contributed by atoms with Crippen molar-refractivity contribution in [2.75, 3.05) is 19.7 Å². The number of fused-ring (bicyclic) bond motifs is 5. The van der Waals surface area contributed by atoms with Gasteiger partial charge in [-0.1, -0.05) is 11.6 Å². The lowest BCUT2D eigenvalue weighted by molar-refractivity contribution is 0.126. The number of allylic oxidation sites excluding steroid dienone is 1. The van der Waals surface area contributed by atoms with Crippen molar-refractivity contribution in [3.8, 4) is 5.75 Å². The highest BCUT2D eigenvalue weighted by molar-refractivity contribution is 5.86. The zero-order valence-electron chi connectivity index (χ0n) is 13.5. The number of piperidine rings is 1. The lowest BCUT2D eigenvalue weighted by atomic mass is 9.80. The number of benzene rings is 1. The number of phenolic OH excluding ortho intramolecular Hbond substituents is 1. The third-order valence-corrected chi connectivity index (χ3v) is 5.61. The van der Waals surface area contributed by atoms with Crippen LogP contribution in [0.1, 0.15) is 37.1 Å². The number of rotatable bonds is 2. The number of nitrogens with one attached hydrogen (secondary N) is 1. The Kier molecular flexibility index (Phi) is 3.66. The van der Waals surface area contributed by atoms with Crippen LogP contribution in [0.3, 0.4) is 0 Å². The highest BCUT2D eigenvalue weighted by Gasteiger charge is 2.37. The zero-order valence-corrected chi connectivity index (χ0v) is 13.5. The molecule has 4 rings (SSSR count). The van der Waals surface area contributed by atoms with Crippen LogP contribution in [0.2, 0.25) is 0 Å². The maximum absolute atomic E-state index is 9.80. The molecular formula is C19H24N2O2. The number of nitrogens with zero attached hydrogens (tertiary/aromatic N) is 1. The predicted molar refractivity (Wildman–Crippen MR) is 91.5 cm³/mol. The van der Waals surface area contributed by atoms with Gasteiger partial charge in [0, 0.05) is 36.3 Å². The summed E-state index contributed by atoms with van der Waals surface area (Å²) in [4.78, 5) is 6.16. The monoisotopic (exact) mass is 312 g/mol. The number of hydrogen-bond donors (Lipinski definition) is 3. The SMILES string of the molecule is C/C=C1\CN2CCc3c([nH]c4ccc(O)cc34)[C@H]2C[C@H]1CCO. The Balaban J connectivity index is 1.75. The van der Waals surface area contributed by atoms with Crippen LogP contribution in [-0.4, -0.2) is 39.8 Å². The summed E-state index contributed by atoms with van der Waals surface area (Å²) in [7, 11) is 0. The van der Waals surface area contributed by atoms with Crippen molar-refractivity contribution in [3.63, 3.8) is 0 Å². The molecule has 122 valence electrons. The molecule has 3 N–H and O–H groups in total. The summed E-state index contributed by atoms with van der Waals surface area (Å²) in [5, 5.41) is 20.4. The lowest BCUT2D eigenvalue weighted by Crippen LogP contribution is -2.42. The average Bonchev–Trinajstić information content (AvgIpc) is 2.93. The molecule has 2 aliphatic rings. The Hall–Kier alpha value is -1.78. The van der Waals surface area contributed by atoms with Crippen LogP contribution in [0, 0.1) is 5.92 Å². The average molecular weight is 312 g/mol. The number of phenols is 1. The van der Waals surface area contributed by atoms with E-state index >= 15 is 0 Å². The van der Waals surface area contributed by atoms with E-state index in [0.29, 0.717) is 17.7 Å². The fraction of sp³-hybridized carbons (Fsp3) is 0.474. The second-order valence-electron chi connectivity index (χ2n) is 6.79. The van der Waals surface area contributed by atoms with Crippen molar-refractivity contribution in [2.45, 2.75) is 32.2 Å². The van der Waals surface area contributed by atoms with E-state index in [1.807, 2.05) is 12.1 Å². The molecule has 2 aromatic rings. The van der Waals surface area contributed by atoms with Gasteiger partial charge in [0.15, 0.2) is 0 Å². The van der Waals surface area contributed by atoms with E-state index < -0.39 is 0 Å². The second-order valence-corrected chi connectivity index (χ2v) is 6.79. The third-order valence-electron chi connectivity index (χ3n) is 5.61. The van der Waals surface area contributed by atoms with Gasteiger partial charge in [0.1, 0.15) is 5.75 Å². The van der Waals surface area contributed by atoms with Gasteiger partial charge in [0.05, 0.1) is 6.04 Å². The van der Waals surface area contributed by atoms with Crippen LogP contribution >= 0.6 is 0 Å². The maximum Gasteiger partial charge on any atom is 0.116 e. The summed E-state index contributed by atoms with van der Waals surface area (Å²) in [5.74, 6) is 0.803. The molecule has 3 heterocycles. The normalized spacial score (nSPS) is 26.4. The van der Waals surface area contributed by atoms with Gasteiger partial charge in [-0.05, 0) is 55.9 Å². The molecule has 1 aromatic heterocycles. The van der Waals surface area contributed by atoms with Gasteiger partial charge in [-0.3, -0.25) is 4.90 Å². The van der Waals surface area contributed by atoms with E-state index in [4.69, 9.17) is 0 Å². The summed E-state index contributed by atoms with van der Waals surface area (Å²) < 4.78 is 0. The zero-order chi connectivity index (χ0) is 16.0. The minimum absolute atomic E-state index is 0.252. The number of H-pyrrole nitrogens is 1. The molecule has 2 aliphatic heterocycles. The number of aliphatic hydroxyl groups excluding tert-OH is 1. The summed E-state index contributed by atoms with van der Waals surface area (Å²) in [6.07, 6.45) is 5.17. The second kappa shape index (κ2) is 5.69. The van der Waals surface area contributed by atoms with Gasteiger partial charge in [-0.25, -0.2) is 0 Å². The van der Waals surface area contributed by atoms with E-state index in [9.17, 15) is 10.2 Å². The van der Waals surface area contributed by atoms with Gasteiger partial charge in [-0.15, -0.1) is 0 Å². The number of aliphatic hydroxyl groups is 1. The first-order valence-electron chi connectivity index (χ1n) is 8.54.